The zero-order valence-electron chi connectivity index (χ0n) is 10.1. The summed E-state index contributed by atoms with van der Waals surface area (Å²) in [6.45, 7) is 1.93. The molecule has 19 heavy (non-hydrogen) atoms. The van der Waals surface area contributed by atoms with Crippen LogP contribution in [0, 0.1) is 6.92 Å². The van der Waals surface area contributed by atoms with Gasteiger partial charge in [0, 0.05) is 0 Å². The van der Waals surface area contributed by atoms with Crippen molar-refractivity contribution in [2.24, 2.45) is 5.14 Å². The molecule has 0 aliphatic heterocycles. The van der Waals surface area contributed by atoms with E-state index in [0.29, 0.717) is 16.5 Å². The molecule has 0 aliphatic rings. The second kappa shape index (κ2) is 5.21. The lowest BCUT2D eigenvalue weighted by molar-refractivity contribution is 0.482. The summed E-state index contributed by atoms with van der Waals surface area (Å²) < 4.78 is 27.8. The third-order valence-electron chi connectivity index (χ3n) is 2.47. The number of hydrogen-bond acceptors (Lipinski definition) is 3. The number of rotatable bonds is 3. The number of hydrogen-bond donors (Lipinski definition) is 1. The van der Waals surface area contributed by atoms with Crippen LogP contribution in [0.15, 0.2) is 47.4 Å². The Morgan fingerprint density at radius 1 is 1.11 bits per heavy atom. The highest BCUT2D eigenvalue weighted by atomic mass is 35.5. The average Bonchev–Trinajstić information content (AvgIpc) is 2.32. The molecular weight excluding hydrogens is 286 g/mol. The van der Waals surface area contributed by atoms with Crippen LogP contribution in [0.4, 0.5) is 0 Å². The molecule has 0 amide bonds. The first-order chi connectivity index (χ1) is 8.86. The fourth-order valence-electron chi connectivity index (χ4n) is 1.51. The van der Waals surface area contributed by atoms with E-state index in [4.69, 9.17) is 21.5 Å². The molecule has 100 valence electrons. The molecule has 6 heteroatoms. The van der Waals surface area contributed by atoms with Crippen LogP contribution in [0.5, 0.6) is 11.5 Å². The van der Waals surface area contributed by atoms with E-state index in [2.05, 4.69) is 0 Å². The van der Waals surface area contributed by atoms with Crippen LogP contribution in [0.3, 0.4) is 0 Å². The SMILES string of the molecule is Cc1ccc(Oc2ccc(S(N)(=O)=O)cc2)c(Cl)c1. The molecule has 0 saturated carbocycles. The zero-order valence-corrected chi connectivity index (χ0v) is 11.7. The number of benzene rings is 2. The Bertz CT molecular complexity index is 696. The van der Waals surface area contributed by atoms with Crippen molar-refractivity contribution in [3.63, 3.8) is 0 Å². The minimum Gasteiger partial charge on any atom is -0.456 e. The van der Waals surface area contributed by atoms with Gasteiger partial charge in [-0.15, -0.1) is 0 Å². The van der Waals surface area contributed by atoms with Gasteiger partial charge in [-0.1, -0.05) is 17.7 Å². The molecule has 2 aromatic carbocycles. The molecular formula is C13H12ClNO3S. The second-order valence-electron chi connectivity index (χ2n) is 4.05. The fraction of sp³-hybridized carbons (Fsp3) is 0.0769. The molecule has 2 N–H and O–H groups in total. The Morgan fingerprint density at radius 3 is 2.26 bits per heavy atom. The number of ether oxygens (including phenoxy) is 1. The first-order valence-corrected chi connectivity index (χ1v) is 7.35. The van der Waals surface area contributed by atoms with E-state index in [0.717, 1.165) is 5.56 Å². The highest BCUT2D eigenvalue weighted by molar-refractivity contribution is 7.89. The van der Waals surface area contributed by atoms with E-state index >= 15 is 0 Å². The van der Waals surface area contributed by atoms with Crippen molar-refractivity contribution in [1.82, 2.24) is 0 Å². The van der Waals surface area contributed by atoms with Crippen LogP contribution in [-0.4, -0.2) is 8.42 Å². The van der Waals surface area contributed by atoms with Gasteiger partial charge in [0.05, 0.1) is 9.92 Å². The predicted molar refractivity (Wildman–Crippen MR) is 74.1 cm³/mol. The lowest BCUT2D eigenvalue weighted by Gasteiger charge is -2.08. The maximum atomic E-state index is 11.1. The van der Waals surface area contributed by atoms with Crippen LogP contribution < -0.4 is 9.88 Å². The maximum absolute atomic E-state index is 11.1. The first-order valence-electron chi connectivity index (χ1n) is 5.43. The normalized spacial score (nSPS) is 11.3. The topological polar surface area (TPSA) is 69.4 Å². The zero-order chi connectivity index (χ0) is 14.0. The molecule has 0 unspecified atom stereocenters. The molecule has 4 nitrogen and oxygen atoms in total. The monoisotopic (exact) mass is 297 g/mol. The minimum atomic E-state index is -3.69. The van der Waals surface area contributed by atoms with E-state index in [1.165, 1.54) is 24.3 Å². The van der Waals surface area contributed by atoms with Crippen LogP contribution in [0.2, 0.25) is 5.02 Å². The molecule has 0 saturated heterocycles. The Balaban J connectivity index is 2.25. The van der Waals surface area contributed by atoms with Gasteiger partial charge in [-0.3, -0.25) is 0 Å². The molecule has 2 aromatic rings. The quantitative estimate of drug-likeness (QED) is 0.946. The van der Waals surface area contributed by atoms with Crippen molar-refractivity contribution in [1.29, 1.82) is 0 Å². The average molecular weight is 298 g/mol. The smallest absolute Gasteiger partial charge is 0.238 e. The molecule has 0 heterocycles. The third kappa shape index (κ3) is 3.47. The van der Waals surface area contributed by atoms with E-state index < -0.39 is 10.0 Å². The highest BCUT2D eigenvalue weighted by Crippen LogP contribution is 2.30. The summed E-state index contributed by atoms with van der Waals surface area (Å²) in [5, 5.41) is 5.51. The van der Waals surface area contributed by atoms with Gasteiger partial charge in [0.1, 0.15) is 11.5 Å². The van der Waals surface area contributed by atoms with Gasteiger partial charge in [-0.05, 0) is 48.9 Å². The second-order valence-corrected chi connectivity index (χ2v) is 6.02. The third-order valence-corrected chi connectivity index (χ3v) is 3.69. The summed E-state index contributed by atoms with van der Waals surface area (Å²) in [6, 6.07) is 11.2. The van der Waals surface area contributed by atoms with Crippen molar-refractivity contribution in [3.8, 4) is 11.5 Å². The van der Waals surface area contributed by atoms with Crippen LogP contribution in [-0.2, 0) is 10.0 Å². The number of sulfonamides is 1. The molecule has 0 radical (unpaired) electrons. The van der Waals surface area contributed by atoms with E-state index in [1.54, 1.807) is 12.1 Å². The van der Waals surface area contributed by atoms with Crippen molar-refractivity contribution >= 4 is 21.6 Å². The Labute approximate surface area is 116 Å². The summed E-state index contributed by atoms with van der Waals surface area (Å²) >= 11 is 6.04. The number of primary sulfonamides is 1. The van der Waals surface area contributed by atoms with Crippen LogP contribution >= 0.6 is 11.6 Å². The molecule has 0 atom stereocenters. The summed E-state index contributed by atoms with van der Waals surface area (Å²) in [7, 11) is -3.69. The molecule has 0 spiro atoms. The Hall–Kier alpha value is -1.56. The number of halogens is 1. The lowest BCUT2D eigenvalue weighted by atomic mass is 10.2. The van der Waals surface area contributed by atoms with Crippen LogP contribution in [0.25, 0.3) is 0 Å². The Kier molecular flexibility index (Phi) is 3.80. The van der Waals surface area contributed by atoms with Crippen molar-refractivity contribution in [2.75, 3.05) is 0 Å². The molecule has 2 rings (SSSR count). The maximum Gasteiger partial charge on any atom is 0.238 e. The molecule has 0 bridgehead atoms. The lowest BCUT2D eigenvalue weighted by Crippen LogP contribution is -2.11. The van der Waals surface area contributed by atoms with Crippen molar-refractivity contribution in [2.45, 2.75) is 11.8 Å². The Morgan fingerprint density at radius 2 is 1.74 bits per heavy atom. The summed E-state index contributed by atoms with van der Waals surface area (Å²) in [5.74, 6) is 0.994. The highest BCUT2D eigenvalue weighted by Gasteiger charge is 2.08. The van der Waals surface area contributed by atoms with Gasteiger partial charge < -0.3 is 4.74 Å². The van der Waals surface area contributed by atoms with E-state index in [9.17, 15) is 8.42 Å². The van der Waals surface area contributed by atoms with Gasteiger partial charge >= 0.3 is 0 Å². The standard InChI is InChI=1S/C13H12ClNO3S/c1-9-2-7-13(12(14)8-9)18-10-3-5-11(6-4-10)19(15,16)17/h2-8H,1H3,(H2,15,16,17). The van der Waals surface area contributed by atoms with Gasteiger partial charge in [-0.25, -0.2) is 13.6 Å². The number of nitrogens with two attached hydrogens (primary N) is 1. The first kappa shape index (κ1) is 13.9. The largest absolute Gasteiger partial charge is 0.456 e. The van der Waals surface area contributed by atoms with Gasteiger partial charge in [0.2, 0.25) is 10.0 Å². The molecule has 0 fully saturated rings. The minimum absolute atomic E-state index is 0.0369. The predicted octanol–water partition coefficient (Wildman–Crippen LogP) is 3.09. The fourth-order valence-corrected chi connectivity index (χ4v) is 2.30. The van der Waals surface area contributed by atoms with Crippen molar-refractivity contribution in [3.05, 3.63) is 53.1 Å². The van der Waals surface area contributed by atoms with E-state index in [-0.39, 0.29) is 4.90 Å². The van der Waals surface area contributed by atoms with Crippen LogP contribution in [0.1, 0.15) is 5.56 Å². The summed E-state index contributed by atoms with van der Waals surface area (Å²) in [6.07, 6.45) is 0. The summed E-state index contributed by atoms with van der Waals surface area (Å²) in [4.78, 5) is 0.0369. The van der Waals surface area contributed by atoms with Gasteiger partial charge in [0.25, 0.3) is 0 Å². The summed E-state index contributed by atoms with van der Waals surface area (Å²) in [5.41, 5.74) is 1.03. The number of aryl methyl sites for hydroxylation is 1. The van der Waals surface area contributed by atoms with Gasteiger partial charge in [-0.2, -0.15) is 0 Å². The molecule has 0 aliphatic carbocycles. The van der Waals surface area contributed by atoms with Gasteiger partial charge in [0.15, 0.2) is 0 Å². The van der Waals surface area contributed by atoms with E-state index in [1.807, 2.05) is 13.0 Å². The van der Waals surface area contributed by atoms with Crippen molar-refractivity contribution < 1.29 is 13.2 Å². The molecule has 0 aromatic heterocycles.